The van der Waals surface area contributed by atoms with Crippen LogP contribution in [0.5, 0.6) is 0 Å². The van der Waals surface area contributed by atoms with Crippen molar-refractivity contribution < 1.29 is 14.1 Å². The van der Waals surface area contributed by atoms with Gasteiger partial charge in [0.2, 0.25) is 0 Å². The smallest absolute Gasteiger partial charge is 0.270 e. The molecule has 2 atom stereocenters. The number of non-ortho nitro benzene ring substituents is 1. The van der Waals surface area contributed by atoms with Gasteiger partial charge in [-0.3, -0.25) is 14.9 Å². The maximum Gasteiger partial charge on any atom is 0.270 e. The van der Waals surface area contributed by atoms with Gasteiger partial charge in [0.25, 0.3) is 11.6 Å². The molecule has 1 aliphatic rings. The summed E-state index contributed by atoms with van der Waals surface area (Å²) in [6.07, 6.45) is 0. The normalized spacial score (nSPS) is 22.6. The largest absolute Gasteiger partial charge is 0.335 e. The Morgan fingerprint density at radius 2 is 2.00 bits per heavy atom. The van der Waals surface area contributed by atoms with E-state index in [9.17, 15) is 19.3 Å². The summed E-state index contributed by atoms with van der Waals surface area (Å²) < 4.78 is 13.7. The van der Waals surface area contributed by atoms with Crippen LogP contribution in [0.25, 0.3) is 0 Å². The van der Waals surface area contributed by atoms with E-state index in [2.05, 4.69) is 5.32 Å². The van der Waals surface area contributed by atoms with E-state index in [-0.39, 0.29) is 23.3 Å². The van der Waals surface area contributed by atoms with Crippen LogP contribution in [0.4, 0.5) is 10.1 Å². The first-order valence-electron chi connectivity index (χ1n) is 6.37. The van der Waals surface area contributed by atoms with Crippen molar-refractivity contribution in [1.82, 2.24) is 10.2 Å². The Balaban J connectivity index is 2.28. The molecule has 2 unspecified atom stereocenters. The summed E-state index contributed by atoms with van der Waals surface area (Å²) >= 11 is 0. The Bertz CT molecular complexity index is 540. The first-order valence-corrected chi connectivity index (χ1v) is 6.37. The predicted molar refractivity (Wildman–Crippen MR) is 71.0 cm³/mol. The Morgan fingerprint density at radius 1 is 1.40 bits per heavy atom. The van der Waals surface area contributed by atoms with Crippen LogP contribution < -0.4 is 5.32 Å². The van der Waals surface area contributed by atoms with Gasteiger partial charge in [0.05, 0.1) is 10.5 Å². The van der Waals surface area contributed by atoms with E-state index in [1.807, 2.05) is 13.8 Å². The summed E-state index contributed by atoms with van der Waals surface area (Å²) in [6, 6.07) is 3.21. The molecule has 1 aromatic rings. The zero-order valence-corrected chi connectivity index (χ0v) is 11.3. The Kier molecular flexibility index (Phi) is 3.99. The van der Waals surface area contributed by atoms with Crippen molar-refractivity contribution in [2.45, 2.75) is 25.9 Å². The zero-order chi connectivity index (χ0) is 14.9. The maximum atomic E-state index is 13.7. The van der Waals surface area contributed by atoms with Crippen LogP contribution in [0.15, 0.2) is 18.2 Å². The van der Waals surface area contributed by atoms with Crippen LogP contribution >= 0.6 is 0 Å². The number of piperazine rings is 1. The average Bonchev–Trinajstić information content (AvgIpc) is 2.37. The summed E-state index contributed by atoms with van der Waals surface area (Å²) in [5.74, 6) is -1.24. The lowest BCUT2D eigenvalue weighted by molar-refractivity contribution is -0.384. The molecule has 1 fully saturated rings. The molecule has 0 aliphatic carbocycles. The fourth-order valence-electron chi connectivity index (χ4n) is 2.45. The highest BCUT2D eigenvalue weighted by Crippen LogP contribution is 2.19. The van der Waals surface area contributed by atoms with Crippen LogP contribution in [0.1, 0.15) is 24.2 Å². The Hall–Kier alpha value is -2.02. The highest BCUT2D eigenvalue weighted by molar-refractivity contribution is 5.95. The first kappa shape index (κ1) is 14.4. The second kappa shape index (κ2) is 5.54. The molecule has 1 aliphatic heterocycles. The van der Waals surface area contributed by atoms with Crippen molar-refractivity contribution >= 4 is 11.6 Å². The van der Waals surface area contributed by atoms with Crippen LogP contribution in [-0.4, -0.2) is 40.9 Å². The number of benzene rings is 1. The molecule has 0 aromatic heterocycles. The van der Waals surface area contributed by atoms with E-state index < -0.39 is 16.6 Å². The molecule has 1 N–H and O–H groups in total. The van der Waals surface area contributed by atoms with E-state index in [1.165, 1.54) is 4.90 Å². The van der Waals surface area contributed by atoms with E-state index in [4.69, 9.17) is 0 Å². The van der Waals surface area contributed by atoms with Crippen LogP contribution in [0, 0.1) is 15.9 Å². The number of halogens is 1. The van der Waals surface area contributed by atoms with Gasteiger partial charge in [-0.1, -0.05) is 0 Å². The van der Waals surface area contributed by atoms with Crippen molar-refractivity contribution in [1.29, 1.82) is 0 Å². The molecule has 7 heteroatoms. The Morgan fingerprint density at radius 3 is 2.55 bits per heavy atom. The number of nitro groups is 1. The monoisotopic (exact) mass is 281 g/mol. The van der Waals surface area contributed by atoms with Gasteiger partial charge in [-0.05, 0) is 19.9 Å². The number of nitrogens with zero attached hydrogens (tertiary/aromatic N) is 2. The third-order valence-corrected chi connectivity index (χ3v) is 3.24. The summed E-state index contributed by atoms with van der Waals surface area (Å²) in [4.78, 5) is 23.9. The number of amides is 1. The van der Waals surface area contributed by atoms with Crippen LogP contribution in [-0.2, 0) is 0 Å². The zero-order valence-electron chi connectivity index (χ0n) is 11.3. The van der Waals surface area contributed by atoms with E-state index in [0.717, 1.165) is 18.2 Å². The lowest BCUT2D eigenvalue weighted by atomic mass is 10.1. The SMILES string of the molecule is CC1CN(C(=O)c2cc([N+](=O)[O-])ccc2F)CC(C)N1. The van der Waals surface area contributed by atoms with Gasteiger partial charge in [0.15, 0.2) is 0 Å². The molecule has 6 nitrogen and oxygen atoms in total. The first-order chi connectivity index (χ1) is 9.38. The molecule has 2 rings (SSSR count). The molecule has 0 saturated carbocycles. The number of carbonyl (C=O) groups excluding carboxylic acids is 1. The number of carbonyl (C=O) groups is 1. The summed E-state index contributed by atoms with van der Waals surface area (Å²) in [7, 11) is 0. The predicted octanol–water partition coefficient (Wildman–Crippen LogP) is 1.56. The third-order valence-electron chi connectivity index (χ3n) is 3.24. The topological polar surface area (TPSA) is 75.5 Å². The quantitative estimate of drug-likeness (QED) is 0.659. The van der Waals surface area contributed by atoms with E-state index >= 15 is 0 Å². The molecule has 1 saturated heterocycles. The minimum Gasteiger partial charge on any atom is -0.335 e. The Labute approximate surface area is 115 Å². The fourth-order valence-corrected chi connectivity index (χ4v) is 2.45. The summed E-state index contributed by atoms with van der Waals surface area (Å²) in [5, 5.41) is 14.0. The van der Waals surface area contributed by atoms with Gasteiger partial charge in [-0.25, -0.2) is 4.39 Å². The molecule has 1 aromatic carbocycles. The fraction of sp³-hybridized carbons (Fsp3) is 0.462. The van der Waals surface area contributed by atoms with Crippen LogP contribution in [0.3, 0.4) is 0 Å². The summed E-state index contributed by atoms with van der Waals surface area (Å²) in [6.45, 7) is 4.76. The molecular weight excluding hydrogens is 265 g/mol. The lowest BCUT2D eigenvalue weighted by Crippen LogP contribution is -2.55. The molecule has 108 valence electrons. The van der Waals surface area contributed by atoms with Gasteiger partial charge in [0, 0.05) is 37.3 Å². The number of hydrogen-bond acceptors (Lipinski definition) is 4. The van der Waals surface area contributed by atoms with E-state index in [0.29, 0.717) is 13.1 Å². The van der Waals surface area contributed by atoms with Crippen molar-refractivity contribution in [3.8, 4) is 0 Å². The van der Waals surface area contributed by atoms with Gasteiger partial charge in [-0.15, -0.1) is 0 Å². The maximum absolute atomic E-state index is 13.7. The standard InChI is InChI=1S/C13H16FN3O3/c1-8-6-16(7-9(2)15-8)13(18)11-5-10(17(19)20)3-4-12(11)14/h3-5,8-9,15H,6-7H2,1-2H3. The van der Waals surface area contributed by atoms with E-state index in [1.54, 1.807) is 0 Å². The molecule has 0 spiro atoms. The second-order valence-electron chi connectivity index (χ2n) is 5.10. The lowest BCUT2D eigenvalue weighted by Gasteiger charge is -2.36. The van der Waals surface area contributed by atoms with Crippen molar-refractivity contribution in [2.75, 3.05) is 13.1 Å². The van der Waals surface area contributed by atoms with Gasteiger partial charge >= 0.3 is 0 Å². The second-order valence-corrected chi connectivity index (χ2v) is 5.10. The number of nitro benzene ring substituents is 1. The molecule has 1 heterocycles. The number of rotatable bonds is 2. The van der Waals surface area contributed by atoms with Gasteiger partial charge < -0.3 is 10.2 Å². The molecular formula is C13H16FN3O3. The highest BCUT2D eigenvalue weighted by atomic mass is 19.1. The molecule has 0 bridgehead atoms. The molecule has 0 radical (unpaired) electrons. The van der Waals surface area contributed by atoms with Crippen molar-refractivity contribution in [3.63, 3.8) is 0 Å². The summed E-state index contributed by atoms with van der Waals surface area (Å²) in [5.41, 5.74) is -0.536. The van der Waals surface area contributed by atoms with Crippen molar-refractivity contribution in [3.05, 3.63) is 39.7 Å². The van der Waals surface area contributed by atoms with Crippen LogP contribution in [0.2, 0.25) is 0 Å². The van der Waals surface area contributed by atoms with Gasteiger partial charge in [-0.2, -0.15) is 0 Å². The number of hydrogen-bond donors (Lipinski definition) is 1. The highest BCUT2D eigenvalue weighted by Gasteiger charge is 2.28. The molecule has 1 amide bonds. The number of nitrogens with one attached hydrogen (secondary N) is 1. The minimum atomic E-state index is -0.737. The molecule has 20 heavy (non-hydrogen) atoms. The van der Waals surface area contributed by atoms with Crippen molar-refractivity contribution in [2.24, 2.45) is 0 Å². The third kappa shape index (κ3) is 2.93. The average molecular weight is 281 g/mol. The minimum absolute atomic E-state index is 0.101. The van der Waals surface area contributed by atoms with Gasteiger partial charge in [0.1, 0.15) is 5.82 Å².